The molecule has 2 N–H and O–H groups in total. The number of guanidine groups is 1. The van der Waals surface area contributed by atoms with E-state index in [1.165, 1.54) is 12.8 Å². The lowest BCUT2D eigenvalue weighted by molar-refractivity contribution is -0.135. The van der Waals surface area contributed by atoms with Gasteiger partial charge in [-0.05, 0) is 18.8 Å². The fraction of sp³-hybridized carbons (Fsp3) is 0.700. The van der Waals surface area contributed by atoms with E-state index in [0.717, 1.165) is 18.8 Å². The molecule has 2 amide bonds. The van der Waals surface area contributed by atoms with Gasteiger partial charge in [0, 0.05) is 0 Å². The van der Waals surface area contributed by atoms with Crippen LogP contribution >= 0.6 is 0 Å². The molecule has 1 heterocycles. The van der Waals surface area contributed by atoms with Crippen LogP contribution in [-0.2, 0) is 9.59 Å². The number of rotatable bonds is 4. The first-order valence-electron chi connectivity index (χ1n) is 5.39. The van der Waals surface area contributed by atoms with Crippen LogP contribution in [0.2, 0.25) is 0 Å². The summed E-state index contributed by atoms with van der Waals surface area (Å²) in [5.74, 6) is -0.116. The normalized spacial score (nSPS) is 22.3. The molecule has 0 aromatic rings. The first-order chi connectivity index (χ1) is 7.19. The molecule has 82 valence electrons. The molecule has 1 aliphatic heterocycles. The van der Waals surface area contributed by atoms with Gasteiger partial charge in [-0.1, -0.05) is 19.8 Å². The predicted octanol–water partition coefficient (Wildman–Crippen LogP) is 0.167. The Labute approximate surface area is 88.3 Å². The number of aliphatic imine (C=N–C) groups is 1. The maximum absolute atomic E-state index is 10.9. The molecule has 15 heavy (non-hydrogen) atoms. The molecule has 0 radical (unpaired) electrons. The quantitative estimate of drug-likeness (QED) is 0.648. The third-order valence-corrected chi connectivity index (χ3v) is 2.76. The second-order valence-electron chi connectivity index (χ2n) is 4.13. The minimum atomic E-state index is -0.616. The van der Waals surface area contributed by atoms with Crippen molar-refractivity contribution >= 4 is 17.8 Å². The topological polar surface area (TPSA) is 70.6 Å². The van der Waals surface area contributed by atoms with Gasteiger partial charge in [-0.15, -0.1) is 0 Å². The lowest BCUT2D eigenvalue weighted by Gasteiger charge is -2.09. The second kappa shape index (κ2) is 4.00. The van der Waals surface area contributed by atoms with Crippen LogP contribution in [-0.4, -0.2) is 23.8 Å². The van der Waals surface area contributed by atoms with Crippen LogP contribution in [0.25, 0.3) is 0 Å². The van der Waals surface area contributed by atoms with Gasteiger partial charge in [-0.3, -0.25) is 20.2 Å². The van der Waals surface area contributed by atoms with Gasteiger partial charge in [0.05, 0.1) is 6.04 Å². The van der Waals surface area contributed by atoms with E-state index in [0.29, 0.717) is 5.96 Å². The number of amides is 2. The highest BCUT2D eigenvalue weighted by molar-refractivity contribution is 6.45. The molecule has 0 bridgehead atoms. The Morgan fingerprint density at radius 3 is 2.40 bits per heavy atom. The number of carbonyl (C=O) groups excluding carboxylic acids is 2. The minimum absolute atomic E-state index is 0.214. The Bertz CT molecular complexity index is 303. The summed E-state index contributed by atoms with van der Waals surface area (Å²) in [6, 6.07) is 0.214. The number of hydrogen-bond donors (Lipinski definition) is 2. The van der Waals surface area contributed by atoms with Crippen molar-refractivity contribution < 1.29 is 9.59 Å². The van der Waals surface area contributed by atoms with Crippen molar-refractivity contribution in [2.45, 2.75) is 38.6 Å². The van der Waals surface area contributed by atoms with Gasteiger partial charge >= 0.3 is 11.8 Å². The zero-order valence-electron chi connectivity index (χ0n) is 8.75. The summed E-state index contributed by atoms with van der Waals surface area (Å²) >= 11 is 0. The van der Waals surface area contributed by atoms with E-state index >= 15 is 0 Å². The minimum Gasteiger partial charge on any atom is -0.288 e. The van der Waals surface area contributed by atoms with Crippen LogP contribution in [0.3, 0.4) is 0 Å². The van der Waals surface area contributed by atoms with Crippen LogP contribution in [0.1, 0.15) is 32.6 Å². The Balaban J connectivity index is 1.94. The number of nitrogens with one attached hydrogen (secondary N) is 2. The summed E-state index contributed by atoms with van der Waals surface area (Å²) in [6.07, 6.45) is 4.58. The molecule has 1 saturated heterocycles. The van der Waals surface area contributed by atoms with E-state index < -0.39 is 11.8 Å². The number of hydrogen-bond acceptors (Lipinski definition) is 3. The van der Waals surface area contributed by atoms with E-state index in [-0.39, 0.29) is 6.04 Å². The van der Waals surface area contributed by atoms with E-state index in [2.05, 4.69) is 22.5 Å². The third kappa shape index (κ3) is 2.55. The zero-order valence-corrected chi connectivity index (χ0v) is 8.75. The Hall–Kier alpha value is -1.39. The van der Waals surface area contributed by atoms with Gasteiger partial charge in [0.1, 0.15) is 0 Å². The molecule has 1 saturated carbocycles. The van der Waals surface area contributed by atoms with Crippen molar-refractivity contribution in [2.75, 3.05) is 0 Å². The second-order valence-corrected chi connectivity index (χ2v) is 4.13. The van der Waals surface area contributed by atoms with Crippen molar-refractivity contribution in [3.63, 3.8) is 0 Å². The van der Waals surface area contributed by atoms with Crippen LogP contribution in [0, 0.1) is 5.92 Å². The van der Waals surface area contributed by atoms with Gasteiger partial charge in [0.25, 0.3) is 0 Å². The number of nitrogens with zero attached hydrogens (tertiary/aromatic N) is 1. The van der Waals surface area contributed by atoms with E-state index in [1.807, 2.05) is 0 Å². The first kappa shape index (κ1) is 10.1. The lowest BCUT2D eigenvalue weighted by Crippen LogP contribution is -2.27. The van der Waals surface area contributed by atoms with Crippen LogP contribution in [0.5, 0.6) is 0 Å². The maximum atomic E-state index is 10.9. The van der Waals surface area contributed by atoms with Gasteiger partial charge in [-0.2, -0.15) is 0 Å². The summed E-state index contributed by atoms with van der Waals surface area (Å²) in [5.41, 5.74) is 0. The molecular formula is C10H15N3O2. The Kier molecular flexibility index (Phi) is 2.70. The molecule has 5 nitrogen and oxygen atoms in total. The SMILES string of the molecule is CCC(CC1CC1)N=C1NC(=O)C(=O)N1. The van der Waals surface area contributed by atoms with Crippen LogP contribution in [0.15, 0.2) is 4.99 Å². The average Bonchev–Trinajstić information content (AvgIpc) is 2.94. The summed E-state index contributed by atoms with van der Waals surface area (Å²) in [5, 5.41) is 4.82. The summed E-state index contributed by atoms with van der Waals surface area (Å²) in [7, 11) is 0. The van der Waals surface area contributed by atoms with Gasteiger partial charge in [0.2, 0.25) is 5.96 Å². The van der Waals surface area contributed by atoms with E-state index in [9.17, 15) is 9.59 Å². The zero-order chi connectivity index (χ0) is 10.8. The van der Waals surface area contributed by atoms with Crippen molar-refractivity contribution in [3.05, 3.63) is 0 Å². The molecule has 1 aliphatic carbocycles. The van der Waals surface area contributed by atoms with Crippen molar-refractivity contribution in [2.24, 2.45) is 10.9 Å². The fourth-order valence-electron chi connectivity index (χ4n) is 1.66. The van der Waals surface area contributed by atoms with Crippen molar-refractivity contribution in [3.8, 4) is 0 Å². The Morgan fingerprint density at radius 1 is 1.33 bits per heavy atom. The molecule has 2 rings (SSSR count). The largest absolute Gasteiger partial charge is 0.316 e. The monoisotopic (exact) mass is 209 g/mol. The fourth-order valence-corrected chi connectivity index (χ4v) is 1.66. The van der Waals surface area contributed by atoms with Gasteiger partial charge < -0.3 is 0 Å². The standard InChI is InChI=1S/C10H15N3O2/c1-2-7(5-6-3-4-6)11-10-12-8(14)9(15)13-10/h6-7H,2-5H2,1H3,(H2,11,12,13,14,15). The van der Waals surface area contributed by atoms with Gasteiger partial charge in [-0.25, -0.2) is 4.99 Å². The molecular weight excluding hydrogens is 194 g/mol. The predicted molar refractivity (Wildman–Crippen MR) is 55.1 cm³/mol. The molecule has 1 unspecified atom stereocenters. The highest BCUT2D eigenvalue weighted by Gasteiger charge is 2.28. The smallest absolute Gasteiger partial charge is 0.288 e. The highest BCUT2D eigenvalue weighted by Crippen LogP contribution is 2.34. The molecule has 5 heteroatoms. The van der Waals surface area contributed by atoms with Crippen LogP contribution < -0.4 is 10.6 Å². The van der Waals surface area contributed by atoms with E-state index in [1.54, 1.807) is 0 Å². The third-order valence-electron chi connectivity index (χ3n) is 2.76. The van der Waals surface area contributed by atoms with Gasteiger partial charge in [0.15, 0.2) is 0 Å². The molecule has 2 fully saturated rings. The maximum Gasteiger partial charge on any atom is 0.316 e. The highest BCUT2D eigenvalue weighted by atomic mass is 16.2. The van der Waals surface area contributed by atoms with E-state index in [4.69, 9.17) is 0 Å². The number of carbonyl (C=O) groups is 2. The summed E-state index contributed by atoms with van der Waals surface area (Å²) in [6.45, 7) is 2.07. The molecule has 1 atom stereocenters. The average molecular weight is 209 g/mol. The summed E-state index contributed by atoms with van der Waals surface area (Å²) in [4.78, 5) is 26.1. The molecule has 0 spiro atoms. The molecule has 0 aromatic heterocycles. The molecule has 0 aromatic carbocycles. The summed E-state index contributed by atoms with van der Waals surface area (Å²) < 4.78 is 0. The molecule has 2 aliphatic rings. The Morgan fingerprint density at radius 2 is 1.93 bits per heavy atom. The first-order valence-corrected chi connectivity index (χ1v) is 5.39. The van der Waals surface area contributed by atoms with Crippen molar-refractivity contribution in [1.29, 1.82) is 0 Å². The lowest BCUT2D eigenvalue weighted by atomic mass is 10.1. The van der Waals surface area contributed by atoms with Crippen LogP contribution in [0.4, 0.5) is 0 Å². The van der Waals surface area contributed by atoms with Crippen molar-refractivity contribution in [1.82, 2.24) is 10.6 Å².